The third-order valence-corrected chi connectivity index (χ3v) is 3.03. The molecule has 1 rings (SSSR count). The Morgan fingerprint density at radius 3 is 3.00 bits per heavy atom. The Hall–Kier alpha value is -0.980. The maximum atomic E-state index is 13.0. The number of methoxy groups -OCH3 is 1. The average Bonchev–Trinajstić information content (AvgIpc) is 2.36. The number of nitrogens with one attached hydrogen (secondary N) is 2. The van der Waals surface area contributed by atoms with Gasteiger partial charge in [-0.2, -0.15) is 0 Å². The van der Waals surface area contributed by atoms with Crippen molar-refractivity contribution < 1.29 is 13.9 Å². The van der Waals surface area contributed by atoms with Crippen LogP contribution < -0.4 is 10.6 Å². The van der Waals surface area contributed by atoms with E-state index in [0.717, 1.165) is 4.47 Å². The first-order chi connectivity index (χ1) is 8.63. The lowest BCUT2D eigenvalue weighted by Crippen LogP contribution is -2.34. The van der Waals surface area contributed by atoms with Gasteiger partial charge in [-0.3, -0.25) is 4.79 Å². The summed E-state index contributed by atoms with van der Waals surface area (Å²) in [6, 6.07) is 4.37. The van der Waals surface area contributed by atoms with Gasteiger partial charge in [0.25, 0.3) is 0 Å². The third-order valence-electron chi connectivity index (χ3n) is 2.25. The first-order valence-electron chi connectivity index (χ1n) is 5.53. The molecule has 0 aliphatic carbocycles. The fraction of sp³-hybridized carbons (Fsp3) is 0.417. The van der Waals surface area contributed by atoms with E-state index in [1.165, 1.54) is 12.1 Å². The SMILES string of the molecule is COCCNCC(=O)NCc1cc(F)ccc1Br. The molecule has 4 nitrogen and oxygen atoms in total. The highest BCUT2D eigenvalue weighted by Crippen LogP contribution is 2.17. The number of benzene rings is 1. The number of rotatable bonds is 7. The van der Waals surface area contributed by atoms with Gasteiger partial charge in [0.1, 0.15) is 5.82 Å². The van der Waals surface area contributed by atoms with E-state index in [-0.39, 0.29) is 18.3 Å². The van der Waals surface area contributed by atoms with Gasteiger partial charge >= 0.3 is 0 Å². The van der Waals surface area contributed by atoms with Crippen LogP contribution in [0, 0.1) is 5.82 Å². The van der Waals surface area contributed by atoms with Gasteiger partial charge in [0, 0.05) is 24.7 Å². The first kappa shape index (κ1) is 15.1. The molecule has 1 amide bonds. The van der Waals surface area contributed by atoms with Crippen molar-refractivity contribution in [3.63, 3.8) is 0 Å². The number of amides is 1. The van der Waals surface area contributed by atoms with Crippen molar-refractivity contribution in [2.24, 2.45) is 0 Å². The molecule has 0 aromatic heterocycles. The van der Waals surface area contributed by atoms with Crippen molar-refractivity contribution in [3.05, 3.63) is 34.1 Å². The fourth-order valence-corrected chi connectivity index (χ4v) is 1.70. The zero-order chi connectivity index (χ0) is 13.4. The van der Waals surface area contributed by atoms with Gasteiger partial charge in [0.05, 0.1) is 13.2 Å². The van der Waals surface area contributed by atoms with E-state index in [1.807, 2.05) is 0 Å². The molecule has 0 spiro atoms. The predicted octanol–water partition coefficient (Wildman–Crippen LogP) is 1.44. The number of hydrogen-bond donors (Lipinski definition) is 2. The number of carbonyl (C=O) groups excluding carboxylic acids is 1. The van der Waals surface area contributed by atoms with Crippen molar-refractivity contribution in [3.8, 4) is 0 Å². The number of carbonyl (C=O) groups is 1. The van der Waals surface area contributed by atoms with E-state index in [4.69, 9.17) is 4.74 Å². The standard InChI is InChI=1S/C12H16BrFN2O2/c1-18-5-4-15-8-12(17)16-7-9-6-10(14)2-3-11(9)13/h2-3,6,15H,4-5,7-8H2,1H3,(H,16,17). The summed E-state index contributed by atoms with van der Waals surface area (Å²) in [5.41, 5.74) is 0.709. The van der Waals surface area contributed by atoms with Crippen LogP contribution in [0.15, 0.2) is 22.7 Å². The Kier molecular flexibility index (Phi) is 6.85. The van der Waals surface area contributed by atoms with Crippen LogP contribution in [0.4, 0.5) is 4.39 Å². The quantitative estimate of drug-likeness (QED) is 0.748. The first-order valence-corrected chi connectivity index (χ1v) is 6.33. The van der Waals surface area contributed by atoms with Crippen molar-refractivity contribution in [2.75, 3.05) is 26.8 Å². The topological polar surface area (TPSA) is 50.4 Å². The minimum Gasteiger partial charge on any atom is -0.383 e. The Labute approximate surface area is 114 Å². The van der Waals surface area contributed by atoms with Crippen LogP contribution in [0.25, 0.3) is 0 Å². The molecular weight excluding hydrogens is 303 g/mol. The van der Waals surface area contributed by atoms with E-state index in [0.29, 0.717) is 25.3 Å². The molecule has 0 saturated carbocycles. The van der Waals surface area contributed by atoms with Gasteiger partial charge in [-0.1, -0.05) is 15.9 Å². The van der Waals surface area contributed by atoms with Gasteiger partial charge in [-0.05, 0) is 23.8 Å². The number of hydrogen-bond acceptors (Lipinski definition) is 3. The molecule has 0 radical (unpaired) electrons. The molecule has 100 valence electrons. The van der Waals surface area contributed by atoms with E-state index in [9.17, 15) is 9.18 Å². The monoisotopic (exact) mass is 318 g/mol. The molecule has 0 atom stereocenters. The molecule has 1 aromatic carbocycles. The molecule has 0 unspecified atom stereocenters. The van der Waals surface area contributed by atoms with Crippen LogP contribution in [-0.2, 0) is 16.1 Å². The van der Waals surface area contributed by atoms with E-state index in [1.54, 1.807) is 13.2 Å². The van der Waals surface area contributed by atoms with Crippen LogP contribution in [0.1, 0.15) is 5.56 Å². The molecule has 0 heterocycles. The van der Waals surface area contributed by atoms with E-state index in [2.05, 4.69) is 26.6 Å². The maximum Gasteiger partial charge on any atom is 0.234 e. The van der Waals surface area contributed by atoms with Gasteiger partial charge in [0.2, 0.25) is 5.91 Å². The largest absolute Gasteiger partial charge is 0.383 e. The second-order valence-electron chi connectivity index (χ2n) is 3.68. The van der Waals surface area contributed by atoms with Gasteiger partial charge in [0.15, 0.2) is 0 Å². The Morgan fingerprint density at radius 1 is 1.50 bits per heavy atom. The molecule has 0 bridgehead atoms. The third kappa shape index (κ3) is 5.57. The number of ether oxygens (including phenoxy) is 1. The van der Waals surface area contributed by atoms with Crippen molar-refractivity contribution in [1.82, 2.24) is 10.6 Å². The Morgan fingerprint density at radius 2 is 2.28 bits per heavy atom. The van der Waals surface area contributed by atoms with E-state index >= 15 is 0 Å². The summed E-state index contributed by atoms with van der Waals surface area (Å²) in [6.45, 7) is 1.69. The average molecular weight is 319 g/mol. The van der Waals surface area contributed by atoms with Crippen LogP contribution in [0.2, 0.25) is 0 Å². The predicted molar refractivity (Wildman–Crippen MR) is 70.7 cm³/mol. The van der Waals surface area contributed by atoms with Crippen molar-refractivity contribution in [2.45, 2.75) is 6.54 Å². The Bertz CT molecular complexity index is 402. The molecular formula is C12H16BrFN2O2. The summed E-state index contributed by atoms with van der Waals surface area (Å²) >= 11 is 3.30. The van der Waals surface area contributed by atoms with Crippen LogP contribution >= 0.6 is 15.9 Å². The zero-order valence-corrected chi connectivity index (χ0v) is 11.7. The lowest BCUT2D eigenvalue weighted by Gasteiger charge is -2.08. The Balaban J connectivity index is 2.31. The second-order valence-corrected chi connectivity index (χ2v) is 4.54. The molecule has 1 aromatic rings. The summed E-state index contributed by atoms with van der Waals surface area (Å²) in [5.74, 6) is -0.456. The van der Waals surface area contributed by atoms with Crippen molar-refractivity contribution >= 4 is 21.8 Å². The lowest BCUT2D eigenvalue weighted by molar-refractivity contribution is -0.120. The van der Waals surface area contributed by atoms with Gasteiger partial charge in [-0.25, -0.2) is 4.39 Å². The minimum atomic E-state index is -0.319. The molecule has 0 saturated heterocycles. The lowest BCUT2D eigenvalue weighted by atomic mass is 10.2. The molecule has 0 aliphatic heterocycles. The van der Waals surface area contributed by atoms with Gasteiger partial charge < -0.3 is 15.4 Å². The highest BCUT2D eigenvalue weighted by molar-refractivity contribution is 9.10. The van der Waals surface area contributed by atoms with Gasteiger partial charge in [-0.15, -0.1) is 0 Å². The minimum absolute atomic E-state index is 0.137. The molecule has 0 aliphatic rings. The summed E-state index contributed by atoms with van der Waals surface area (Å²) in [6.07, 6.45) is 0. The summed E-state index contributed by atoms with van der Waals surface area (Å²) in [5, 5.41) is 5.63. The van der Waals surface area contributed by atoms with E-state index < -0.39 is 0 Å². The van der Waals surface area contributed by atoms with Crippen LogP contribution in [-0.4, -0.2) is 32.7 Å². The smallest absolute Gasteiger partial charge is 0.234 e. The summed E-state index contributed by atoms with van der Waals surface area (Å²) < 4.78 is 18.6. The van der Waals surface area contributed by atoms with Crippen LogP contribution in [0.5, 0.6) is 0 Å². The molecule has 2 N–H and O–H groups in total. The normalized spacial score (nSPS) is 10.4. The highest BCUT2D eigenvalue weighted by atomic mass is 79.9. The zero-order valence-electron chi connectivity index (χ0n) is 10.1. The molecule has 18 heavy (non-hydrogen) atoms. The summed E-state index contributed by atoms with van der Waals surface area (Å²) in [4.78, 5) is 11.5. The van der Waals surface area contributed by atoms with Crippen LogP contribution in [0.3, 0.4) is 0 Å². The second kappa shape index (κ2) is 8.18. The maximum absolute atomic E-state index is 13.0. The van der Waals surface area contributed by atoms with Crippen molar-refractivity contribution in [1.29, 1.82) is 0 Å². The highest BCUT2D eigenvalue weighted by Gasteiger charge is 2.04. The number of halogens is 2. The fourth-order valence-electron chi connectivity index (χ4n) is 1.31. The molecule has 6 heteroatoms. The molecule has 0 fully saturated rings. The summed E-state index contributed by atoms with van der Waals surface area (Å²) in [7, 11) is 1.60.